The smallest absolute Gasteiger partial charge is 0.258 e. The largest absolute Gasteiger partial charge is 0.541 e. The number of halogens is 1. The van der Waals surface area contributed by atoms with Crippen molar-refractivity contribution in [3.05, 3.63) is 30.1 Å². The Morgan fingerprint density at radius 2 is 1.56 bits per heavy atom. The fourth-order valence-corrected chi connectivity index (χ4v) is 8.27. The van der Waals surface area contributed by atoms with Crippen LogP contribution < -0.4 is 4.43 Å². The zero-order valence-electron chi connectivity index (χ0n) is 12.3. The van der Waals surface area contributed by atoms with Crippen LogP contribution in [0.15, 0.2) is 18.2 Å². The van der Waals surface area contributed by atoms with Gasteiger partial charge in [0.25, 0.3) is 8.32 Å². The van der Waals surface area contributed by atoms with Gasteiger partial charge in [-0.05, 0) is 22.7 Å². The van der Waals surface area contributed by atoms with E-state index in [0.29, 0.717) is 22.4 Å². The summed E-state index contributed by atoms with van der Waals surface area (Å²) in [6, 6.07) is 7.63. The standard InChI is InChI=1S/C15H24FOSi/c1-11(2)18(12(3)4,13(5)6)17-15-10-8-7-9-14(15)16/h7-8,10-13H,1-6H3. The van der Waals surface area contributed by atoms with E-state index in [2.05, 4.69) is 47.6 Å². The minimum atomic E-state index is -2.06. The van der Waals surface area contributed by atoms with Gasteiger partial charge in [0.05, 0.1) is 0 Å². The fraction of sp³-hybridized carbons (Fsp3) is 0.600. The molecule has 1 aromatic carbocycles. The molecule has 0 aromatic heterocycles. The van der Waals surface area contributed by atoms with Gasteiger partial charge in [0.15, 0.2) is 5.82 Å². The molecule has 101 valence electrons. The number of hydrogen-bond acceptors (Lipinski definition) is 1. The third kappa shape index (κ3) is 2.77. The Hall–Kier alpha value is -0.833. The first kappa shape index (κ1) is 15.2. The summed E-state index contributed by atoms with van der Waals surface area (Å²) in [6.45, 7) is 13.1. The summed E-state index contributed by atoms with van der Waals surface area (Å²) < 4.78 is 20.0. The van der Waals surface area contributed by atoms with E-state index in [0.717, 1.165) is 0 Å². The van der Waals surface area contributed by atoms with Crippen molar-refractivity contribution in [3.63, 3.8) is 0 Å². The number of rotatable bonds is 5. The molecule has 0 bridgehead atoms. The lowest BCUT2D eigenvalue weighted by molar-refractivity contribution is 0.446. The monoisotopic (exact) mass is 267 g/mol. The van der Waals surface area contributed by atoms with E-state index in [4.69, 9.17) is 4.43 Å². The Kier molecular flexibility index (Phi) is 4.97. The molecule has 0 fully saturated rings. The van der Waals surface area contributed by atoms with Gasteiger partial charge in [-0.2, -0.15) is 0 Å². The minimum Gasteiger partial charge on any atom is -0.541 e. The molecule has 1 rings (SSSR count). The topological polar surface area (TPSA) is 9.23 Å². The lowest BCUT2D eigenvalue weighted by Gasteiger charge is -2.42. The van der Waals surface area contributed by atoms with E-state index in [9.17, 15) is 4.39 Å². The normalized spacial score (nSPS) is 12.6. The molecule has 0 atom stereocenters. The van der Waals surface area contributed by atoms with Crippen molar-refractivity contribution in [2.75, 3.05) is 0 Å². The zero-order valence-corrected chi connectivity index (χ0v) is 13.3. The molecule has 1 aromatic rings. The highest BCUT2D eigenvalue weighted by atomic mass is 28.4. The van der Waals surface area contributed by atoms with Crippen LogP contribution in [0.3, 0.4) is 0 Å². The van der Waals surface area contributed by atoms with E-state index in [1.807, 2.05) is 0 Å². The first-order valence-corrected chi connectivity index (χ1v) is 8.81. The maximum Gasteiger partial charge on any atom is 0.258 e. The Morgan fingerprint density at radius 1 is 1.06 bits per heavy atom. The highest BCUT2D eigenvalue weighted by molar-refractivity contribution is 6.78. The van der Waals surface area contributed by atoms with Crippen LogP contribution in [0.5, 0.6) is 5.75 Å². The van der Waals surface area contributed by atoms with Crippen LogP contribution in [0.25, 0.3) is 0 Å². The van der Waals surface area contributed by atoms with Gasteiger partial charge in [-0.15, -0.1) is 0 Å². The lowest BCUT2D eigenvalue weighted by atomic mass is 10.3. The molecule has 0 unspecified atom stereocenters. The van der Waals surface area contributed by atoms with Gasteiger partial charge in [-0.3, -0.25) is 0 Å². The van der Waals surface area contributed by atoms with Crippen molar-refractivity contribution in [1.29, 1.82) is 0 Å². The second-order valence-corrected chi connectivity index (χ2v) is 11.1. The second-order valence-electron chi connectivity index (χ2n) is 5.77. The molecule has 0 aliphatic rings. The molecule has 18 heavy (non-hydrogen) atoms. The Balaban J connectivity index is 3.17. The molecule has 0 amide bonds. The maximum atomic E-state index is 13.8. The van der Waals surface area contributed by atoms with Crippen LogP contribution >= 0.6 is 0 Å². The van der Waals surface area contributed by atoms with Crippen LogP contribution in [0.4, 0.5) is 4.39 Å². The van der Waals surface area contributed by atoms with E-state index in [1.54, 1.807) is 18.2 Å². The summed E-state index contributed by atoms with van der Waals surface area (Å²) in [7, 11) is -2.06. The molecule has 0 heterocycles. The van der Waals surface area contributed by atoms with Crippen LogP contribution in [0.1, 0.15) is 41.5 Å². The number of benzene rings is 1. The summed E-state index contributed by atoms with van der Waals surface area (Å²) in [6.07, 6.45) is 0. The van der Waals surface area contributed by atoms with Crippen LogP contribution in [0.2, 0.25) is 16.6 Å². The van der Waals surface area contributed by atoms with Crippen LogP contribution in [-0.2, 0) is 0 Å². The second kappa shape index (κ2) is 5.87. The third-order valence-corrected chi connectivity index (χ3v) is 9.75. The molecule has 1 nitrogen and oxygen atoms in total. The van der Waals surface area contributed by atoms with E-state index in [1.165, 1.54) is 0 Å². The molecule has 1 radical (unpaired) electrons. The van der Waals surface area contributed by atoms with Gasteiger partial charge >= 0.3 is 0 Å². The van der Waals surface area contributed by atoms with Crippen molar-refractivity contribution < 1.29 is 8.82 Å². The summed E-state index contributed by atoms with van der Waals surface area (Å²) >= 11 is 0. The van der Waals surface area contributed by atoms with Gasteiger partial charge in [0.2, 0.25) is 0 Å². The van der Waals surface area contributed by atoms with Gasteiger partial charge in [0, 0.05) is 6.07 Å². The predicted molar refractivity (Wildman–Crippen MR) is 76.9 cm³/mol. The van der Waals surface area contributed by atoms with Crippen molar-refractivity contribution in [3.8, 4) is 5.75 Å². The third-order valence-electron chi connectivity index (χ3n) is 3.76. The Labute approximate surface area is 111 Å². The summed E-state index contributed by atoms with van der Waals surface area (Å²) in [5.74, 6) is -0.0170. The molecule has 3 heteroatoms. The van der Waals surface area contributed by atoms with Gasteiger partial charge in [0.1, 0.15) is 5.75 Å². The SMILES string of the molecule is CC(C)[Si](Oc1ccc[c]c1F)(C(C)C)C(C)C. The highest BCUT2D eigenvalue weighted by Crippen LogP contribution is 2.43. The summed E-state index contributed by atoms with van der Waals surface area (Å²) in [4.78, 5) is 0. The van der Waals surface area contributed by atoms with Gasteiger partial charge in [-0.25, -0.2) is 4.39 Å². The highest BCUT2D eigenvalue weighted by Gasteiger charge is 2.47. The first-order valence-electron chi connectivity index (χ1n) is 6.67. The van der Waals surface area contributed by atoms with E-state index in [-0.39, 0.29) is 5.82 Å². The van der Waals surface area contributed by atoms with Crippen molar-refractivity contribution in [1.82, 2.24) is 0 Å². The van der Waals surface area contributed by atoms with Crippen molar-refractivity contribution in [2.45, 2.75) is 58.2 Å². The first-order chi connectivity index (χ1) is 8.32. The average molecular weight is 267 g/mol. The van der Waals surface area contributed by atoms with Crippen LogP contribution in [0, 0.1) is 11.9 Å². The molecule has 0 spiro atoms. The quantitative estimate of drug-likeness (QED) is 0.668. The van der Waals surface area contributed by atoms with Crippen molar-refractivity contribution in [2.24, 2.45) is 0 Å². The zero-order chi connectivity index (χ0) is 13.9. The van der Waals surface area contributed by atoms with Crippen molar-refractivity contribution >= 4 is 8.32 Å². The molecule has 0 saturated heterocycles. The Bertz CT molecular complexity index is 366. The molecule has 0 aliphatic heterocycles. The summed E-state index contributed by atoms with van der Waals surface area (Å²) in [5, 5.41) is 0. The molecular formula is C15H24FOSi. The van der Waals surface area contributed by atoms with E-state index < -0.39 is 8.32 Å². The van der Waals surface area contributed by atoms with Gasteiger partial charge in [-0.1, -0.05) is 53.7 Å². The van der Waals surface area contributed by atoms with Crippen LogP contribution in [-0.4, -0.2) is 8.32 Å². The fourth-order valence-electron chi connectivity index (χ4n) is 3.02. The van der Waals surface area contributed by atoms with Gasteiger partial charge < -0.3 is 4.43 Å². The minimum absolute atomic E-state index is 0.361. The maximum absolute atomic E-state index is 13.8. The number of hydrogen-bond donors (Lipinski definition) is 0. The molecule has 0 aliphatic carbocycles. The van der Waals surface area contributed by atoms with E-state index >= 15 is 0 Å². The predicted octanol–water partition coefficient (Wildman–Crippen LogP) is 5.18. The molecule has 0 saturated carbocycles. The average Bonchev–Trinajstić information content (AvgIpc) is 2.26. The summed E-state index contributed by atoms with van der Waals surface area (Å²) in [5.41, 5.74) is 1.33. The lowest BCUT2D eigenvalue weighted by Crippen LogP contribution is -2.50. The molecular weight excluding hydrogens is 243 g/mol. The molecule has 0 N–H and O–H groups in total. The Morgan fingerprint density at radius 3 is 1.94 bits per heavy atom.